The van der Waals surface area contributed by atoms with Gasteiger partial charge in [0.25, 0.3) is 0 Å². The van der Waals surface area contributed by atoms with E-state index in [1.54, 1.807) is 25.7 Å². The number of aromatic nitrogens is 3. The molecule has 2 unspecified atom stereocenters. The number of methoxy groups -OCH3 is 1. The molecule has 170 valence electrons. The Morgan fingerprint density at radius 2 is 2.00 bits per heavy atom. The first-order chi connectivity index (χ1) is 16.0. The minimum absolute atomic E-state index is 0.0824. The molecule has 3 aromatic rings. The fraction of sp³-hybridized carbons (Fsp3) is 0.440. The number of aryl methyl sites for hydroxylation is 1. The summed E-state index contributed by atoms with van der Waals surface area (Å²) in [5.41, 5.74) is 8.99. The van der Waals surface area contributed by atoms with E-state index in [1.165, 1.54) is 0 Å². The number of hydrogen-bond donors (Lipinski definition) is 2. The lowest BCUT2D eigenvalue weighted by atomic mass is 10.0. The molecule has 0 aromatic carbocycles. The molecule has 4 atom stereocenters. The van der Waals surface area contributed by atoms with Crippen molar-refractivity contribution in [3.05, 3.63) is 42.4 Å². The number of likely N-dealkylation sites (tertiary alicyclic amines) is 1. The van der Waals surface area contributed by atoms with E-state index in [0.29, 0.717) is 35.6 Å². The Kier molecular flexibility index (Phi) is 4.81. The molecule has 0 bridgehead atoms. The highest BCUT2D eigenvalue weighted by Gasteiger charge is 2.60. The molecule has 1 saturated heterocycles. The molecule has 1 amide bonds. The third-order valence-corrected chi connectivity index (χ3v) is 7.76. The quantitative estimate of drug-likeness (QED) is 0.623. The van der Waals surface area contributed by atoms with Crippen molar-refractivity contribution in [2.75, 3.05) is 31.2 Å². The average Bonchev–Trinajstić information content (AvgIpc) is 3.28. The summed E-state index contributed by atoms with van der Waals surface area (Å²) in [6.07, 6.45) is 7.85. The highest BCUT2D eigenvalue weighted by Crippen LogP contribution is 2.59. The van der Waals surface area contributed by atoms with Crippen LogP contribution in [0.15, 0.2) is 36.8 Å². The van der Waals surface area contributed by atoms with E-state index in [9.17, 15) is 4.79 Å². The van der Waals surface area contributed by atoms with Crippen LogP contribution in [-0.4, -0.2) is 58.1 Å². The molecular weight excluding hydrogens is 416 g/mol. The number of pyridine rings is 3. The van der Waals surface area contributed by atoms with Gasteiger partial charge in [-0.2, -0.15) is 0 Å². The second-order valence-electron chi connectivity index (χ2n) is 9.65. The fourth-order valence-corrected chi connectivity index (χ4v) is 5.74. The normalized spacial score (nSPS) is 26.7. The molecule has 4 heterocycles. The SMILES string of the molecule is COC1CN(C2C[C@@H]3C(C(=O)Nc4cc5cc(-c6cnccc6C)nc(N)c5cn4)[C@@H]3C2)C1. The van der Waals surface area contributed by atoms with Crippen LogP contribution in [0.5, 0.6) is 0 Å². The summed E-state index contributed by atoms with van der Waals surface area (Å²) in [6.45, 7) is 4.07. The zero-order valence-electron chi connectivity index (χ0n) is 18.9. The van der Waals surface area contributed by atoms with Crippen molar-refractivity contribution in [2.45, 2.75) is 31.9 Å². The molecule has 0 radical (unpaired) electrons. The molecule has 3 aromatic heterocycles. The van der Waals surface area contributed by atoms with E-state index < -0.39 is 0 Å². The molecule has 3 fully saturated rings. The summed E-state index contributed by atoms with van der Waals surface area (Å²) < 4.78 is 5.39. The summed E-state index contributed by atoms with van der Waals surface area (Å²) >= 11 is 0. The summed E-state index contributed by atoms with van der Waals surface area (Å²) in [5, 5.41) is 4.71. The number of nitrogen functional groups attached to an aromatic ring is 1. The molecule has 33 heavy (non-hydrogen) atoms. The van der Waals surface area contributed by atoms with Crippen molar-refractivity contribution in [1.82, 2.24) is 19.9 Å². The van der Waals surface area contributed by atoms with E-state index in [0.717, 1.165) is 53.5 Å². The fourth-order valence-electron chi connectivity index (χ4n) is 5.74. The Morgan fingerprint density at radius 1 is 1.21 bits per heavy atom. The van der Waals surface area contributed by atoms with Crippen LogP contribution in [0.3, 0.4) is 0 Å². The van der Waals surface area contributed by atoms with Crippen molar-refractivity contribution in [2.24, 2.45) is 17.8 Å². The molecule has 6 rings (SSSR count). The number of carbonyl (C=O) groups excluding carboxylic acids is 1. The van der Waals surface area contributed by atoms with Crippen molar-refractivity contribution < 1.29 is 9.53 Å². The predicted molar refractivity (Wildman–Crippen MR) is 126 cm³/mol. The number of ether oxygens (including phenoxy) is 1. The Labute approximate surface area is 192 Å². The summed E-state index contributed by atoms with van der Waals surface area (Å²) in [6, 6.07) is 6.42. The Hall–Kier alpha value is -3.10. The molecule has 8 heteroatoms. The van der Waals surface area contributed by atoms with Gasteiger partial charge in [0.15, 0.2) is 0 Å². The van der Waals surface area contributed by atoms with Gasteiger partial charge >= 0.3 is 0 Å². The second-order valence-corrected chi connectivity index (χ2v) is 9.65. The van der Waals surface area contributed by atoms with Crippen LogP contribution >= 0.6 is 0 Å². The minimum atomic E-state index is 0.0824. The Balaban J connectivity index is 1.15. The molecule has 1 aliphatic heterocycles. The van der Waals surface area contributed by atoms with E-state index in [4.69, 9.17) is 10.5 Å². The third-order valence-electron chi connectivity index (χ3n) is 7.76. The number of amides is 1. The highest BCUT2D eigenvalue weighted by atomic mass is 16.5. The summed E-state index contributed by atoms with van der Waals surface area (Å²) in [4.78, 5) is 28.6. The van der Waals surface area contributed by atoms with Crippen molar-refractivity contribution in [3.8, 4) is 11.3 Å². The molecule has 3 N–H and O–H groups in total. The van der Waals surface area contributed by atoms with E-state index in [2.05, 4.69) is 25.2 Å². The van der Waals surface area contributed by atoms with Gasteiger partial charge in [-0.15, -0.1) is 0 Å². The number of nitrogens with two attached hydrogens (primary N) is 1. The molecule has 0 spiro atoms. The zero-order valence-corrected chi connectivity index (χ0v) is 18.9. The first-order valence-electron chi connectivity index (χ1n) is 11.6. The monoisotopic (exact) mass is 444 g/mol. The average molecular weight is 445 g/mol. The van der Waals surface area contributed by atoms with Crippen LogP contribution in [0.25, 0.3) is 22.0 Å². The standard InChI is InChI=1S/C25H28N6O2/c1-13-3-4-27-9-19(13)21-5-14-6-22(28-10-20(14)24(26)29-21)30-25(32)23-17-7-15(8-18(17)23)31-11-16(12-31)33-2/h3-6,9-10,15-18,23H,7-8,11-12H2,1-2H3,(H2,26,29)(H,28,30,32)/t15?,17-,18+,23?. The van der Waals surface area contributed by atoms with E-state index in [1.807, 2.05) is 25.1 Å². The molecule has 8 nitrogen and oxygen atoms in total. The summed E-state index contributed by atoms with van der Waals surface area (Å²) in [5.74, 6) is 2.15. The van der Waals surface area contributed by atoms with Crippen LogP contribution in [-0.2, 0) is 9.53 Å². The first kappa shape index (κ1) is 20.5. The van der Waals surface area contributed by atoms with Crippen LogP contribution in [0.2, 0.25) is 0 Å². The Bertz CT molecular complexity index is 1230. The predicted octanol–water partition coefficient (Wildman–Crippen LogP) is 2.88. The molecule has 3 aliphatic rings. The van der Waals surface area contributed by atoms with Crippen LogP contribution < -0.4 is 11.1 Å². The van der Waals surface area contributed by atoms with Crippen LogP contribution in [0.1, 0.15) is 18.4 Å². The van der Waals surface area contributed by atoms with E-state index in [-0.39, 0.29) is 11.8 Å². The second kappa shape index (κ2) is 7.74. The maximum Gasteiger partial charge on any atom is 0.229 e. The van der Waals surface area contributed by atoms with Gasteiger partial charge in [-0.25, -0.2) is 9.97 Å². The zero-order chi connectivity index (χ0) is 22.7. The number of rotatable bonds is 5. The minimum Gasteiger partial charge on any atom is -0.383 e. The van der Waals surface area contributed by atoms with Gasteiger partial charge in [-0.05, 0) is 60.7 Å². The van der Waals surface area contributed by atoms with Crippen molar-refractivity contribution >= 4 is 28.3 Å². The van der Waals surface area contributed by atoms with E-state index >= 15 is 0 Å². The number of nitrogens with one attached hydrogen (secondary N) is 1. The number of hydrogen-bond acceptors (Lipinski definition) is 7. The molecule has 2 saturated carbocycles. The summed E-state index contributed by atoms with van der Waals surface area (Å²) in [7, 11) is 1.78. The number of fused-ring (bicyclic) bond motifs is 2. The largest absolute Gasteiger partial charge is 0.383 e. The van der Waals surface area contributed by atoms with Gasteiger partial charge < -0.3 is 15.8 Å². The number of carbonyl (C=O) groups is 1. The molecule has 2 aliphatic carbocycles. The van der Waals surface area contributed by atoms with Crippen molar-refractivity contribution in [1.29, 1.82) is 0 Å². The Morgan fingerprint density at radius 3 is 2.73 bits per heavy atom. The van der Waals surface area contributed by atoms with Gasteiger partial charge in [-0.1, -0.05) is 0 Å². The van der Waals surface area contributed by atoms with Gasteiger partial charge in [-0.3, -0.25) is 14.7 Å². The third kappa shape index (κ3) is 3.54. The van der Waals surface area contributed by atoms with Crippen molar-refractivity contribution in [3.63, 3.8) is 0 Å². The number of nitrogens with zero attached hydrogens (tertiary/aromatic N) is 4. The first-order valence-corrected chi connectivity index (χ1v) is 11.6. The number of anilines is 2. The maximum absolute atomic E-state index is 13.0. The lowest BCUT2D eigenvalue weighted by Crippen LogP contribution is -2.55. The lowest BCUT2D eigenvalue weighted by molar-refractivity contribution is -0.118. The molecular formula is C25H28N6O2. The van der Waals surface area contributed by atoms with Gasteiger partial charge in [0.2, 0.25) is 5.91 Å². The smallest absolute Gasteiger partial charge is 0.229 e. The van der Waals surface area contributed by atoms with Crippen LogP contribution in [0, 0.1) is 24.7 Å². The van der Waals surface area contributed by atoms with Gasteiger partial charge in [0, 0.05) is 61.7 Å². The van der Waals surface area contributed by atoms with Crippen LogP contribution in [0.4, 0.5) is 11.6 Å². The highest BCUT2D eigenvalue weighted by molar-refractivity contribution is 5.98. The van der Waals surface area contributed by atoms with Gasteiger partial charge in [0.05, 0.1) is 11.8 Å². The lowest BCUT2D eigenvalue weighted by Gasteiger charge is -2.43. The topological polar surface area (TPSA) is 106 Å². The maximum atomic E-state index is 13.0. The van der Waals surface area contributed by atoms with Gasteiger partial charge in [0.1, 0.15) is 11.6 Å².